The lowest BCUT2D eigenvalue weighted by atomic mass is 10.1. The molecule has 3 aromatic rings. The average Bonchev–Trinajstić information content (AvgIpc) is 2.85. The number of unbranched alkanes of at least 4 members (excludes halogenated alkanes) is 6. The van der Waals surface area contributed by atoms with E-state index in [4.69, 9.17) is 9.47 Å². The highest BCUT2D eigenvalue weighted by molar-refractivity contribution is 5.63. The second-order valence-electron chi connectivity index (χ2n) is 8.15. The molecule has 0 saturated heterocycles. The van der Waals surface area contributed by atoms with Crippen LogP contribution in [-0.4, -0.2) is 23.2 Å². The van der Waals surface area contributed by atoms with Crippen molar-refractivity contribution in [3.05, 3.63) is 60.9 Å². The summed E-state index contributed by atoms with van der Waals surface area (Å²) >= 11 is 0. The zero-order valence-electron chi connectivity index (χ0n) is 19.6. The van der Waals surface area contributed by atoms with Crippen LogP contribution in [-0.2, 0) is 0 Å². The van der Waals surface area contributed by atoms with Crippen LogP contribution < -0.4 is 9.47 Å². The van der Waals surface area contributed by atoms with Crippen molar-refractivity contribution in [1.82, 2.24) is 9.97 Å². The monoisotopic (exact) mass is 432 g/mol. The van der Waals surface area contributed by atoms with Gasteiger partial charge in [0.2, 0.25) is 0 Å². The summed E-state index contributed by atoms with van der Waals surface area (Å²) in [4.78, 5) is 9.23. The summed E-state index contributed by atoms with van der Waals surface area (Å²) in [6, 6.07) is 16.2. The van der Waals surface area contributed by atoms with Crippen molar-refractivity contribution in [2.75, 3.05) is 13.2 Å². The maximum absolute atomic E-state index is 5.83. The van der Waals surface area contributed by atoms with E-state index in [-0.39, 0.29) is 0 Å². The maximum atomic E-state index is 5.83. The molecule has 0 radical (unpaired) electrons. The van der Waals surface area contributed by atoms with Gasteiger partial charge in [-0.05, 0) is 61.4 Å². The first-order valence-electron chi connectivity index (χ1n) is 12.1. The van der Waals surface area contributed by atoms with Gasteiger partial charge < -0.3 is 9.47 Å². The smallest absolute Gasteiger partial charge is 0.119 e. The number of hydrogen-bond donors (Lipinski definition) is 0. The second kappa shape index (κ2) is 13.5. The standard InChI is InChI=1S/C28H36N2O2/c1-3-5-7-9-19-31-25-15-11-23(12-16-25)27-21-30-28(22-29-27)24-13-17-26(18-14-24)32-20-10-8-6-4-2/h11-18,21-22H,3-10,19-20H2,1-2H3. The molecule has 4 nitrogen and oxygen atoms in total. The van der Waals surface area contributed by atoms with E-state index in [9.17, 15) is 0 Å². The molecule has 0 amide bonds. The van der Waals surface area contributed by atoms with E-state index in [0.29, 0.717) is 0 Å². The van der Waals surface area contributed by atoms with Crippen molar-refractivity contribution < 1.29 is 9.47 Å². The SMILES string of the molecule is CCCCCCOc1ccc(-c2cnc(-c3ccc(OCCCCCC)cc3)cn2)cc1. The van der Waals surface area contributed by atoms with E-state index >= 15 is 0 Å². The predicted molar refractivity (Wildman–Crippen MR) is 132 cm³/mol. The molecule has 0 unspecified atom stereocenters. The number of hydrogen-bond acceptors (Lipinski definition) is 4. The summed E-state index contributed by atoms with van der Waals surface area (Å²) in [6.45, 7) is 5.99. The Morgan fingerprint density at radius 2 is 0.938 bits per heavy atom. The van der Waals surface area contributed by atoms with Gasteiger partial charge in [0.25, 0.3) is 0 Å². The lowest BCUT2D eigenvalue weighted by Crippen LogP contribution is -1.97. The van der Waals surface area contributed by atoms with E-state index in [1.807, 2.05) is 60.9 Å². The lowest BCUT2D eigenvalue weighted by molar-refractivity contribution is 0.305. The molecule has 32 heavy (non-hydrogen) atoms. The third kappa shape index (κ3) is 7.67. The Morgan fingerprint density at radius 3 is 1.28 bits per heavy atom. The van der Waals surface area contributed by atoms with Crippen LogP contribution in [0.3, 0.4) is 0 Å². The normalized spacial score (nSPS) is 10.8. The number of ether oxygens (including phenoxy) is 2. The minimum absolute atomic E-state index is 0.774. The highest BCUT2D eigenvalue weighted by Gasteiger charge is 2.05. The molecular formula is C28H36N2O2. The Hall–Kier alpha value is -2.88. The molecule has 0 aliphatic rings. The van der Waals surface area contributed by atoms with Crippen molar-refractivity contribution in [3.8, 4) is 34.0 Å². The van der Waals surface area contributed by atoms with Crippen molar-refractivity contribution >= 4 is 0 Å². The quantitative estimate of drug-likeness (QED) is 0.244. The molecular weight excluding hydrogens is 396 g/mol. The van der Waals surface area contributed by atoms with E-state index in [1.165, 1.54) is 38.5 Å². The van der Waals surface area contributed by atoms with Crippen molar-refractivity contribution in [1.29, 1.82) is 0 Å². The van der Waals surface area contributed by atoms with E-state index < -0.39 is 0 Å². The van der Waals surface area contributed by atoms with Gasteiger partial charge in [-0.15, -0.1) is 0 Å². The molecule has 2 aromatic carbocycles. The maximum Gasteiger partial charge on any atom is 0.119 e. The molecule has 1 aromatic heterocycles. The molecule has 0 N–H and O–H groups in total. The van der Waals surface area contributed by atoms with Crippen LogP contribution in [0.15, 0.2) is 60.9 Å². The highest BCUT2D eigenvalue weighted by Crippen LogP contribution is 2.24. The number of benzene rings is 2. The molecule has 0 atom stereocenters. The van der Waals surface area contributed by atoms with E-state index in [0.717, 1.165) is 60.1 Å². The molecule has 0 saturated carbocycles. The third-order valence-corrected chi connectivity index (χ3v) is 5.49. The van der Waals surface area contributed by atoms with Gasteiger partial charge in [-0.25, -0.2) is 0 Å². The van der Waals surface area contributed by atoms with Crippen LogP contribution in [0, 0.1) is 0 Å². The summed E-state index contributed by atoms with van der Waals surface area (Å²) in [5, 5.41) is 0. The largest absolute Gasteiger partial charge is 0.494 e. The summed E-state index contributed by atoms with van der Waals surface area (Å²) in [5.74, 6) is 1.81. The Balaban J connectivity index is 1.51. The van der Waals surface area contributed by atoms with E-state index in [1.54, 1.807) is 0 Å². The third-order valence-electron chi connectivity index (χ3n) is 5.49. The molecule has 0 bridgehead atoms. The molecule has 0 fully saturated rings. The molecule has 4 heteroatoms. The summed E-state index contributed by atoms with van der Waals surface area (Å²) in [6.07, 6.45) is 13.4. The minimum atomic E-state index is 0.774. The van der Waals surface area contributed by atoms with Crippen molar-refractivity contribution in [2.24, 2.45) is 0 Å². The Labute approximate surface area is 193 Å². The van der Waals surface area contributed by atoms with Gasteiger partial charge >= 0.3 is 0 Å². The van der Waals surface area contributed by atoms with Crippen LogP contribution in [0.2, 0.25) is 0 Å². The number of aromatic nitrogens is 2. The second-order valence-corrected chi connectivity index (χ2v) is 8.15. The fourth-order valence-corrected chi connectivity index (χ4v) is 3.51. The van der Waals surface area contributed by atoms with Gasteiger partial charge in [-0.3, -0.25) is 9.97 Å². The Bertz CT molecular complexity index is 814. The molecule has 1 heterocycles. The predicted octanol–water partition coefficient (Wildman–Crippen LogP) is 7.73. The van der Waals surface area contributed by atoms with Gasteiger partial charge in [-0.1, -0.05) is 52.4 Å². The van der Waals surface area contributed by atoms with Gasteiger partial charge in [0, 0.05) is 11.1 Å². The van der Waals surface area contributed by atoms with Gasteiger partial charge in [0.05, 0.1) is 37.0 Å². The molecule has 0 aliphatic heterocycles. The first kappa shape index (κ1) is 23.8. The average molecular weight is 433 g/mol. The summed E-state index contributed by atoms with van der Waals surface area (Å²) < 4.78 is 11.7. The zero-order valence-corrected chi connectivity index (χ0v) is 19.6. The summed E-state index contributed by atoms with van der Waals surface area (Å²) in [5.41, 5.74) is 3.79. The molecule has 170 valence electrons. The minimum Gasteiger partial charge on any atom is -0.494 e. The number of rotatable bonds is 14. The van der Waals surface area contributed by atoms with Gasteiger partial charge in [0.15, 0.2) is 0 Å². The molecule has 3 rings (SSSR count). The molecule has 0 aliphatic carbocycles. The van der Waals surface area contributed by atoms with Gasteiger partial charge in [0.1, 0.15) is 11.5 Å². The first-order valence-corrected chi connectivity index (χ1v) is 12.1. The Morgan fingerprint density at radius 1 is 0.531 bits per heavy atom. The molecule has 0 spiro atoms. The van der Waals surface area contributed by atoms with Crippen LogP contribution in [0.1, 0.15) is 65.2 Å². The van der Waals surface area contributed by atoms with Gasteiger partial charge in [-0.2, -0.15) is 0 Å². The lowest BCUT2D eigenvalue weighted by Gasteiger charge is -2.08. The zero-order chi connectivity index (χ0) is 22.4. The van der Waals surface area contributed by atoms with Crippen molar-refractivity contribution in [3.63, 3.8) is 0 Å². The van der Waals surface area contributed by atoms with Crippen LogP contribution in [0.4, 0.5) is 0 Å². The first-order chi connectivity index (χ1) is 15.8. The van der Waals surface area contributed by atoms with Crippen LogP contribution >= 0.6 is 0 Å². The fraction of sp³-hybridized carbons (Fsp3) is 0.429. The summed E-state index contributed by atoms with van der Waals surface area (Å²) in [7, 11) is 0. The Kier molecular flexibility index (Phi) is 10.0. The van der Waals surface area contributed by atoms with E-state index in [2.05, 4.69) is 23.8 Å². The number of nitrogens with zero attached hydrogens (tertiary/aromatic N) is 2. The van der Waals surface area contributed by atoms with Crippen LogP contribution in [0.5, 0.6) is 11.5 Å². The fourth-order valence-electron chi connectivity index (χ4n) is 3.51. The topological polar surface area (TPSA) is 44.2 Å². The van der Waals surface area contributed by atoms with Crippen LogP contribution in [0.25, 0.3) is 22.5 Å². The highest BCUT2D eigenvalue weighted by atomic mass is 16.5. The van der Waals surface area contributed by atoms with Crippen molar-refractivity contribution in [2.45, 2.75) is 65.2 Å².